The third kappa shape index (κ3) is 5.03. The van der Waals surface area contributed by atoms with E-state index >= 15 is 0 Å². The predicted molar refractivity (Wildman–Crippen MR) is 118 cm³/mol. The maximum absolute atomic E-state index is 4.84. The first kappa shape index (κ1) is 20.4. The number of imidazole rings is 1. The predicted octanol–water partition coefficient (Wildman–Crippen LogP) is 3.55. The lowest BCUT2D eigenvalue weighted by Crippen LogP contribution is -2.50. The Morgan fingerprint density at radius 3 is 2.88 bits per heavy atom. The number of guanidine groups is 1. The number of aryl methyl sites for hydroxylation is 1. The van der Waals surface area contributed by atoms with Crippen LogP contribution in [0.15, 0.2) is 29.4 Å². The van der Waals surface area contributed by atoms with Gasteiger partial charge >= 0.3 is 0 Å². The van der Waals surface area contributed by atoms with Gasteiger partial charge in [0, 0.05) is 42.0 Å². The lowest BCUT2D eigenvalue weighted by Gasteiger charge is -2.39. The molecular weight excluding hydrogens is 445 g/mol. The summed E-state index contributed by atoms with van der Waals surface area (Å²) in [6.07, 6.45) is 2.09. The molecular formula is C18H28IN5S. The summed E-state index contributed by atoms with van der Waals surface area (Å²) < 4.78 is 2.40. The molecule has 0 amide bonds. The van der Waals surface area contributed by atoms with Crippen molar-refractivity contribution in [1.82, 2.24) is 19.6 Å². The Hall–Kier alpha value is -0.960. The molecule has 3 heterocycles. The van der Waals surface area contributed by atoms with Gasteiger partial charge in [0.1, 0.15) is 5.65 Å². The van der Waals surface area contributed by atoms with Gasteiger partial charge in [-0.3, -0.25) is 0 Å². The summed E-state index contributed by atoms with van der Waals surface area (Å²) in [4.78, 5) is 11.9. The zero-order valence-corrected chi connectivity index (χ0v) is 18.6. The van der Waals surface area contributed by atoms with E-state index in [0.29, 0.717) is 6.54 Å². The number of aromatic nitrogens is 2. The normalized spacial score (nSPS) is 17.4. The van der Waals surface area contributed by atoms with Crippen molar-refractivity contribution in [1.29, 1.82) is 0 Å². The lowest BCUT2D eigenvalue weighted by atomic mass is 10.2. The SMILES string of the molecule is CCNC(=NCc1cn2c(C)cccc2n1)N1CCSC(C)(C)C1.I. The average molecular weight is 473 g/mol. The molecule has 1 fully saturated rings. The molecule has 2 aromatic heterocycles. The Balaban J connectivity index is 0.00000225. The fourth-order valence-electron chi connectivity index (χ4n) is 3.05. The number of nitrogens with zero attached hydrogens (tertiary/aromatic N) is 4. The van der Waals surface area contributed by atoms with E-state index in [2.05, 4.69) is 59.6 Å². The number of halogens is 1. The summed E-state index contributed by atoms with van der Waals surface area (Å²) in [7, 11) is 0. The maximum Gasteiger partial charge on any atom is 0.194 e. The Morgan fingerprint density at radius 2 is 2.20 bits per heavy atom. The van der Waals surface area contributed by atoms with E-state index < -0.39 is 0 Å². The minimum Gasteiger partial charge on any atom is -0.357 e. The van der Waals surface area contributed by atoms with Gasteiger partial charge in [0.15, 0.2) is 5.96 Å². The minimum atomic E-state index is 0. The van der Waals surface area contributed by atoms with E-state index in [-0.39, 0.29) is 28.7 Å². The van der Waals surface area contributed by atoms with E-state index in [9.17, 15) is 0 Å². The number of rotatable bonds is 3. The molecule has 3 rings (SSSR count). The largest absolute Gasteiger partial charge is 0.357 e. The zero-order valence-electron chi connectivity index (χ0n) is 15.5. The van der Waals surface area contributed by atoms with Crippen molar-refractivity contribution in [2.75, 3.05) is 25.4 Å². The van der Waals surface area contributed by atoms with Crippen molar-refractivity contribution in [3.8, 4) is 0 Å². The number of thioether (sulfide) groups is 1. The molecule has 0 saturated carbocycles. The van der Waals surface area contributed by atoms with Crippen molar-refractivity contribution >= 4 is 47.3 Å². The summed E-state index contributed by atoms with van der Waals surface area (Å²) in [5, 5.41) is 3.44. The number of fused-ring (bicyclic) bond motifs is 1. The first-order chi connectivity index (χ1) is 11.5. The van der Waals surface area contributed by atoms with Gasteiger partial charge in [-0.1, -0.05) is 6.07 Å². The number of hydrogen-bond donors (Lipinski definition) is 1. The zero-order chi connectivity index (χ0) is 17.2. The van der Waals surface area contributed by atoms with Crippen LogP contribution in [0.3, 0.4) is 0 Å². The van der Waals surface area contributed by atoms with Crippen molar-refractivity contribution in [2.24, 2.45) is 4.99 Å². The van der Waals surface area contributed by atoms with Gasteiger partial charge in [-0.05, 0) is 39.8 Å². The number of pyridine rings is 1. The minimum absolute atomic E-state index is 0. The van der Waals surface area contributed by atoms with E-state index in [1.54, 1.807) is 0 Å². The molecule has 138 valence electrons. The van der Waals surface area contributed by atoms with Crippen LogP contribution in [0, 0.1) is 6.92 Å². The van der Waals surface area contributed by atoms with E-state index in [1.807, 2.05) is 23.9 Å². The molecule has 0 unspecified atom stereocenters. The molecule has 0 atom stereocenters. The second-order valence-corrected chi connectivity index (χ2v) is 8.63. The molecule has 0 spiro atoms. The summed E-state index contributed by atoms with van der Waals surface area (Å²) in [6.45, 7) is 12.4. The molecule has 25 heavy (non-hydrogen) atoms. The van der Waals surface area contributed by atoms with Crippen molar-refractivity contribution in [3.05, 3.63) is 35.8 Å². The highest BCUT2D eigenvalue weighted by atomic mass is 127. The molecule has 7 heteroatoms. The molecule has 2 aromatic rings. The third-order valence-corrected chi connectivity index (χ3v) is 5.49. The van der Waals surface area contributed by atoms with Crippen LogP contribution in [0.1, 0.15) is 32.2 Å². The van der Waals surface area contributed by atoms with Crippen molar-refractivity contribution in [3.63, 3.8) is 0 Å². The second-order valence-electron chi connectivity index (χ2n) is 6.83. The van der Waals surface area contributed by atoms with Crippen LogP contribution < -0.4 is 5.32 Å². The van der Waals surface area contributed by atoms with Crippen molar-refractivity contribution in [2.45, 2.75) is 39.0 Å². The van der Waals surface area contributed by atoms with Gasteiger partial charge in [-0.15, -0.1) is 24.0 Å². The van der Waals surface area contributed by atoms with Crippen molar-refractivity contribution < 1.29 is 0 Å². The number of aliphatic imine (C=N–C) groups is 1. The number of hydrogen-bond acceptors (Lipinski definition) is 3. The molecule has 0 aromatic carbocycles. The quantitative estimate of drug-likeness (QED) is 0.421. The van der Waals surface area contributed by atoms with E-state index in [4.69, 9.17) is 4.99 Å². The maximum atomic E-state index is 4.84. The smallest absolute Gasteiger partial charge is 0.194 e. The van der Waals surface area contributed by atoms with Crippen LogP contribution in [0.2, 0.25) is 0 Å². The third-order valence-electron chi connectivity index (χ3n) is 4.20. The van der Waals surface area contributed by atoms with Crippen LogP contribution in [0.5, 0.6) is 0 Å². The molecule has 0 aliphatic carbocycles. The van der Waals surface area contributed by atoms with Gasteiger partial charge in [-0.2, -0.15) is 11.8 Å². The summed E-state index contributed by atoms with van der Waals surface area (Å²) in [5.41, 5.74) is 3.18. The van der Waals surface area contributed by atoms with Crippen LogP contribution in [-0.2, 0) is 6.54 Å². The van der Waals surface area contributed by atoms with E-state index in [0.717, 1.165) is 42.7 Å². The standard InChI is InChI=1S/C18H27N5S.HI/c1-5-19-17(22-9-10-24-18(3,4)13-22)20-11-15-12-23-14(2)7-6-8-16(23)21-15;/h6-8,12H,5,9-11,13H2,1-4H3,(H,19,20);1H. The first-order valence-electron chi connectivity index (χ1n) is 8.59. The van der Waals surface area contributed by atoms with Gasteiger partial charge in [-0.25, -0.2) is 9.98 Å². The molecule has 1 aliphatic heterocycles. The van der Waals surface area contributed by atoms with Gasteiger partial charge < -0.3 is 14.6 Å². The molecule has 1 saturated heterocycles. The monoisotopic (exact) mass is 473 g/mol. The molecule has 1 aliphatic rings. The van der Waals surface area contributed by atoms with Crippen LogP contribution in [0.25, 0.3) is 5.65 Å². The Bertz CT molecular complexity index is 740. The molecule has 0 bridgehead atoms. The van der Waals surface area contributed by atoms with E-state index in [1.165, 1.54) is 5.69 Å². The van der Waals surface area contributed by atoms with Crippen LogP contribution >= 0.6 is 35.7 Å². The summed E-state index contributed by atoms with van der Waals surface area (Å²) in [5.74, 6) is 2.14. The summed E-state index contributed by atoms with van der Waals surface area (Å²) in [6, 6.07) is 6.18. The highest BCUT2D eigenvalue weighted by molar-refractivity contribution is 14.0. The Labute approximate surface area is 171 Å². The molecule has 1 N–H and O–H groups in total. The first-order valence-corrected chi connectivity index (χ1v) is 9.58. The van der Waals surface area contributed by atoms with Crippen LogP contribution in [0.4, 0.5) is 0 Å². The van der Waals surface area contributed by atoms with Gasteiger partial charge in [0.2, 0.25) is 0 Å². The molecule has 0 radical (unpaired) electrons. The fourth-order valence-corrected chi connectivity index (χ4v) is 4.17. The molecule has 5 nitrogen and oxygen atoms in total. The summed E-state index contributed by atoms with van der Waals surface area (Å²) >= 11 is 2.04. The second kappa shape index (κ2) is 8.62. The van der Waals surface area contributed by atoms with Gasteiger partial charge in [0.05, 0.1) is 12.2 Å². The average Bonchev–Trinajstić information content (AvgIpc) is 2.95. The Kier molecular flexibility index (Phi) is 7.01. The fraction of sp³-hybridized carbons (Fsp3) is 0.556. The highest BCUT2D eigenvalue weighted by Crippen LogP contribution is 2.29. The number of nitrogens with one attached hydrogen (secondary N) is 1. The lowest BCUT2D eigenvalue weighted by molar-refractivity contribution is 0.375. The van der Waals surface area contributed by atoms with Crippen LogP contribution in [-0.4, -0.2) is 50.4 Å². The van der Waals surface area contributed by atoms with Gasteiger partial charge in [0.25, 0.3) is 0 Å². The Morgan fingerprint density at radius 1 is 1.40 bits per heavy atom. The highest BCUT2D eigenvalue weighted by Gasteiger charge is 2.28. The topological polar surface area (TPSA) is 44.9 Å².